The van der Waals surface area contributed by atoms with E-state index >= 15 is 0 Å². The van der Waals surface area contributed by atoms with Crippen molar-refractivity contribution in [2.24, 2.45) is 0 Å². The topological polar surface area (TPSA) is 51.7 Å². The summed E-state index contributed by atoms with van der Waals surface area (Å²) < 4.78 is 11.8. The molecule has 30 heavy (non-hydrogen) atoms. The van der Waals surface area contributed by atoms with E-state index in [0.29, 0.717) is 28.7 Å². The van der Waals surface area contributed by atoms with Crippen molar-refractivity contribution in [3.05, 3.63) is 64.1 Å². The van der Waals surface area contributed by atoms with Crippen LogP contribution >= 0.6 is 22.9 Å². The Hall–Kier alpha value is -2.57. The van der Waals surface area contributed by atoms with E-state index in [4.69, 9.17) is 21.1 Å². The standard InChI is InChI=1S/C23H23ClN2O3S/c1-2-28-20-7-5-6-19(23(27)26-12-3-4-13-26)21(20)29-14-18-15-30-22(25-18)16-8-10-17(24)11-9-16/h5-11,15H,2-4,12-14H2,1H3. The lowest BCUT2D eigenvalue weighted by atomic mass is 10.1. The summed E-state index contributed by atoms with van der Waals surface area (Å²) in [5.74, 6) is 1.05. The van der Waals surface area contributed by atoms with Crippen LogP contribution in [0.4, 0.5) is 0 Å². The van der Waals surface area contributed by atoms with Gasteiger partial charge in [0.05, 0.1) is 17.9 Å². The van der Waals surface area contributed by atoms with Crippen molar-refractivity contribution in [2.75, 3.05) is 19.7 Å². The number of carbonyl (C=O) groups excluding carboxylic acids is 1. The van der Waals surface area contributed by atoms with Crippen LogP contribution in [0.5, 0.6) is 11.5 Å². The maximum atomic E-state index is 13.0. The number of aromatic nitrogens is 1. The molecule has 1 aliphatic rings. The molecule has 1 saturated heterocycles. The molecule has 4 rings (SSSR count). The van der Waals surface area contributed by atoms with Crippen molar-refractivity contribution in [3.8, 4) is 22.1 Å². The average Bonchev–Trinajstić information content (AvgIpc) is 3.45. The highest BCUT2D eigenvalue weighted by Gasteiger charge is 2.25. The van der Waals surface area contributed by atoms with Crippen molar-refractivity contribution >= 4 is 28.8 Å². The molecule has 156 valence electrons. The Labute approximate surface area is 185 Å². The Kier molecular flexibility index (Phi) is 6.55. The van der Waals surface area contributed by atoms with E-state index in [1.807, 2.05) is 53.6 Å². The van der Waals surface area contributed by atoms with Crippen molar-refractivity contribution in [1.29, 1.82) is 0 Å². The first-order valence-electron chi connectivity index (χ1n) is 10.0. The lowest BCUT2D eigenvalue weighted by molar-refractivity contribution is 0.0786. The summed E-state index contributed by atoms with van der Waals surface area (Å²) in [5.41, 5.74) is 2.35. The Balaban J connectivity index is 1.55. The van der Waals surface area contributed by atoms with Crippen LogP contribution in [-0.2, 0) is 6.61 Å². The first-order valence-corrected chi connectivity index (χ1v) is 11.3. The van der Waals surface area contributed by atoms with Crippen molar-refractivity contribution in [1.82, 2.24) is 9.88 Å². The molecule has 3 aromatic rings. The maximum Gasteiger partial charge on any atom is 0.257 e. The lowest BCUT2D eigenvalue weighted by Crippen LogP contribution is -2.28. The predicted octanol–water partition coefficient (Wildman–Crippen LogP) is 5.68. The van der Waals surface area contributed by atoms with Crippen LogP contribution in [-0.4, -0.2) is 35.5 Å². The number of hydrogen-bond donors (Lipinski definition) is 0. The molecule has 0 N–H and O–H groups in total. The number of thiazole rings is 1. The maximum absolute atomic E-state index is 13.0. The van der Waals surface area contributed by atoms with E-state index in [1.54, 1.807) is 17.4 Å². The van der Waals surface area contributed by atoms with Crippen molar-refractivity contribution in [3.63, 3.8) is 0 Å². The van der Waals surface area contributed by atoms with Gasteiger partial charge in [-0.15, -0.1) is 11.3 Å². The molecule has 0 atom stereocenters. The second-order valence-electron chi connectivity index (χ2n) is 7.00. The van der Waals surface area contributed by atoms with Crippen molar-refractivity contribution < 1.29 is 14.3 Å². The van der Waals surface area contributed by atoms with Crippen LogP contribution in [0.15, 0.2) is 47.8 Å². The second-order valence-corrected chi connectivity index (χ2v) is 8.30. The number of likely N-dealkylation sites (tertiary alicyclic amines) is 1. The molecule has 1 fully saturated rings. The minimum absolute atomic E-state index is 0.0100. The fraction of sp³-hybridized carbons (Fsp3) is 0.304. The molecule has 0 aliphatic carbocycles. The minimum Gasteiger partial charge on any atom is -0.490 e. The summed E-state index contributed by atoms with van der Waals surface area (Å²) in [4.78, 5) is 19.6. The van der Waals surface area contributed by atoms with Crippen molar-refractivity contribution in [2.45, 2.75) is 26.4 Å². The summed E-state index contributed by atoms with van der Waals surface area (Å²) in [5, 5.41) is 3.56. The zero-order chi connectivity index (χ0) is 20.9. The molecule has 1 amide bonds. The number of carbonyl (C=O) groups is 1. The summed E-state index contributed by atoms with van der Waals surface area (Å²) in [6.07, 6.45) is 2.08. The van der Waals surface area contributed by atoms with Crippen LogP contribution < -0.4 is 9.47 Å². The van der Waals surface area contributed by atoms with E-state index in [-0.39, 0.29) is 12.5 Å². The summed E-state index contributed by atoms with van der Waals surface area (Å²) in [6.45, 7) is 4.24. The first-order chi connectivity index (χ1) is 14.7. The van der Waals surface area contributed by atoms with Gasteiger partial charge in [-0.1, -0.05) is 29.8 Å². The Morgan fingerprint density at radius 2 is 1.90 bits per heavy atom. The van der Waals surface area contributed by atoms with Gasteiger partial charge in [0, 0.05) is 29.1 Å². The van der Waals surface area contributed by atoms with Gasteiger partial charge in [0.15, 0.2) is 11.5 Å². The normalized spacial score (nSPS) is 13.5. The first kappa shape index (κ1) is 20.7. The van der Waals surface area contributed by atoms with Gasteiger partial charge >= 0.3 is 0 Å². The molecule has 0 saturated carbocycles. The van der Waals surface area contributed by atoms with Crippen LogP contribution in [0.3, 0.4) is 0 Å². The number of rotatable bonds is 7. The number of para-hydroxylation sites is 1. The van der Waals surface area contributed by atoms with Gasteiger partial charge in [-0.3, -0.25) is 4.79 Å². The Bertz CT molecular complexity index is 1010. The lowest BCUT2D eigenvalue weighted by Gasteiger charge is -2.19. The molecule has 2 heterocycles. The average molecular weight is 443 g/mol. The van der Waals surface area contributed by atoms with Gasteiger partial charge in [-0.05, 0) is 44.0 Å². The summed E-state index contributed by atoms with van der Waals surface area (Å²) in [7, 11) is 0. The number of halogens is 1. The zero-order valence-corrected chi connectivity index (χ0v) is 18.3. The third kappa shape index (κ3) is 4.60. The third-order valence-electron chi connectivity index (χ3n) is 4.91. The molecule has 0 spiro atoms. The predicted molar refractivity (Wildman–Crippen MR) is 120 cm³/mol. The highest BCUT2D eigenvalue weighted by molar-refractivity contribution is 7.13. The molecule has 1 aromatic heterocycles. The summed E-state index contributed by atoms with van der Waals surface area (Å²) in [6, 6.07) is 13.1. The van der Waals surface area contributed by atoms with Gasteiger partial charge in [0.2, 0.25) is 0 Å². The molecule has 7 heteroatoms. The fourth-order valence-corrected chi connectivity index (χ4v) is 4.37. The number of ether oxygens (including phenoxy) is 2. The molecular weight excluding hydrogens is 420 g/mol. The van der Waals surface area contributed by atoms with Gasteiger partial charge in [0.1, 0.15) is 11.6 Å². The molecular formula is C23H23ClN2O3S. The molecule has 0 radical (unpaired) electrons. The smallest absolute Gasteiger partial charge is 0.257 e. The monoisotopic (exact) mass is 442 g/mol. The Morgan fingerprint density at radius 1 is 1.13 bits per heavy atom. The number of benzene rings is 2. The minimum atomic E-state index is -0.0100. The largest absolute Gasteiger partial charge is 0.490 e. The van der Waals surface area contributed by atoms with Gasteiger partial charge in [0.25, 0.3) is 5.91 Å². The van der Waals surface area contributed by atoms with E-state index in [9.17, 15) is 4.79 Å². The van der Waals surface area contributed by atoms with E-state index in [0.717, 1.165) is 42.2 Å². The highest BCUT2D eigenvalue weighted by Crippen LogP contribution is 2.34. The van der Waals surface area contributed by atoms with E-state index in [1.165, 1.54) is 0 Å². The molecule has 5 nitrogen and oxygen atoms in total. The highest BCUT2D eigenvalue weighted by atomic mass is 35.5. The summed E-state index contributed by atoms with van der Waals surface area (Å²) >= 11 is 7.52. The molecule has 0 bridgehead atoms. The number of hydrogen-bond acceptors (Lipinski definition) is 5. The van der Waals surface area contributed by atoms with Crippen LogP contribution in [0.2, 0.25) is 5.02 Å². The third-order valence-corrected chi connectivity index (χ3v) is 6.10. The van der Waals surface area contributed by atoms with E-state index < -0.39 is 0 Å². The number of amides is 1. The number of nitrogens with zero attached hydrogens (tertiary/aromatic N) is 2. The van der Waals surface area contributed by atoms with Gasteiger partial charge < -0.3 is 14.4 Å². The second kappa shape index (κ2) is 9.49. The SMILES string of the molecule is CCOc1cccc(C(=O)N2CCCC2)c1OCc1csc(-c2ccc(Cl)cc2)n1. The molecule has 2 aromatic carbocycles. The van der Waals surface area contributed by atoms with Gasteiger partial charge in [-0.2, -0.15) is 0 Å². The zero-order valence-electron chi connectivity index (χ0n) is 16.8. The van der Waals surface area contributed by atoms with E-state index in [2.05, 4.69) is 4.98 Å². The van der Waals surface area contributed by atoms with Crippen LogP contribution in [0, 0.1) is 0 Å². The van der Waals surface area contributed by atoms with Crippen LogP contribution in [0.1, 0.15) is 35.8 Å². The molecule has 1 aliphatic heterocycles. The Morgan fingerprint density at radius 3 is 2.63 bits per heavy atom. The fourth-order valence-electron chi connectivity index (χ4n) is 3.44. The quantitative estimate of drug-likeness (QED) is 0.472. The molecule has 0 unspecified atom stereocenters. The van der Waals surface area contributed by atoms with Crippen LogP contribution in [0.25, 0.3) is 10.6 Å². The van der Waals surface area contributed by atoms with Gasteiger partial charge in [-0.25, -0.2) is 4.98 Å².